The molecule has 0 radical (unpaired) electrons. The van der Waals surface area contributed by atoms with E-state index in [0.29, 0.717) is 11.5 Å². The van der Waals surface area contributed by atoms with E-state index in [1.807, 2.05) is 43.3 Å². The highest BCUT2D eigenvalue weighted by atomic mass is 16.3. The van der Waals surface area contributed by atoms with Crippen molar-refractivity contribution >= 4 is 27.9 Å². The van der Waals surface area contributed by atoms with Crippen molar-refractivity contribution in [3.05, 3.63) is 60.4 Å². The van der Waals surface area contributed by atoms with Crippen LogP contribution in [0.5, 0.6) is 5.75 Å². The fourth-order valence-electron chi connectivity index (χ4n) is 2.51. The smallest absolute Gasteiger partial charge is 0.185 e. The van der Waals surface area contributed by atoms with Crippen LogP contribution in [0.4, 0.5) is 5.82 Å². The number of rotatable bonds is 3. The van der Waals surface area contributed by atoms with E-state index in [0.717, 1.165) is 22.0 Å². The average molecular weight is 318 g/mol. The highest BCUT2D eigenvalue weighted by Gasteiger charge is 2.09. The van der Waals surface area contributed by atoms with Crippen LogP contribution in [0.1, 0.15) is 12.5 Å². The highest BCUT2D eigenvalue weighted by Crippen LogP contribution is 2.24. The molecule has 7 nitrogen and oxygen atoms in total. The van der Waals surface area contributed by atoms with Gasteiger partial charge in [0.1, 0.15) is 12.1 Å². The molecule has 2 N–H and O–H groups in total. The number of fused-ring (bicyclic) bond motifs is 3. The van der Waals surface area contributed by atoms with Gasteiger partial charge in [-0.1, -0.05) is 24.3 Å². The lowest BCUT2D eigenvalue weighted by atomic mass is 10.1. The Hall–Kier alpha value is -3.48. The summed E-state index contributed by atoms with van der Waals surface area (Å²) >= 11 is 0. The van der Waals surface area contributed by atoms with Crippen LogP contribution in [0.3, 0.4) is 0 Å². The molecule has 0 spiro atoms. The molecule has 2 heterocycles. The Morgan fingerprint density at radius 1 is 1.08 bits per heavy atom. The second-order valence-electron chi connectivity index (χ2n) is 5.35. The number of anilines is 1. The molecule has 0 aliphatic carbocycles. The van der Waals surface area contributed by atoms with Gasteiger partial charge in [0.2, 0.25) is 0 Å². The molecule has 118 valence electrons. The molecule has 0 saturated heterocycles. The van der Waals surface area contributed by atoms with Gasteiger partial charge in [-0.25, -0.2) is 0 Å². The van der Waals surface area contributed by atoms with E-state index in [1.54, 1.807) is 23.0 Å². The minimum absolute atomic E-state index is 0.227. The van der Waals surface area contributed by atoms with Crippen molar-refractivity contribution in [1.82, 2.24) is 19.8 Å². The van der Waals surface area contributed by atoms with Crippen molar-refractivity contribution in [2.75, 3.05) is 5.43 Å². The molecule has 2 aromatic heterocycles. The third-order valence-electron chi connectivity index (χ3n) is 3.78. The summed E-state index contributed by atoms with van der Waals surface area (Å²) in [6, 6.07) is 14.7. The van der Waals surface area contributed by atoms with Crippen LogP contribution in [-0.2, 0) is 0 Å². The van der Waals surface area contributed by atoms with Crippen LogP contribution in [0.2, 0.25) is 0 Å². The Balaban J connectivity index is 1.75. The molecular weight excluding hydrogens is 304 g/mol. The number of hydrogen-bond donors (Lipinski definition) is 2. The van der Waals surface area contributed by atoms with Crippen molar-refractivity contribution in [2.45, 2.75) is 6.92 Å². The summed E-state index contributed by atoms with van der Waals surface area (Å²) < 4.78 is 1.62. The first-order valence-electron chi connectivity index (χ1n) is 7.41. The van der Waals surface area contributed by atoms with Crippen molar-refractivity contribution in [2.24, 2.45) is 5.10 Å². The van der Waals surface area contributed by atoms with Gasteiger partial charge in [0.05, 0.1) is 5.71 Å². The van der Waals surface area contributed by atoms with Crippen LogP contribution in [0.25, 0.3) is 16.4 Å². The molecular formula is C17H14N6O. The normalized spacial score (nSPS) is 12.0. The summed E-state index contributed by atoms with van der Waals surface area (Å²) in [5.41, 5.74) is 5.42. The number of benzene rings is 2. The van der Waals surface area contributed by atoms with E-state index in [9.17, 15) is 5.11 Å². The molecule has 0 saturated carbocycles. The number of hydrogen-bond acceptors (Lipinski definition) is 6. The van der Waals surface area contributed by atoms with Gasteiger partial charge in [-0.3, -0.25) is 5.43 Å². The lowest BCUT2D eigenvalue weighted by Crippen LogP contribution is -2.03. The first kappa shape index (κ1) is 14.1. The highest BCUT2D eigenvalue weighted by molar-refractivity contribution is 6.01. The fraction of sp³-hybridized carbons (Fsp3) is 0.0588. The Morgan fingerprint density at radius 3 is 2.62 bits per heavy atom. The maximum absolute atomic E-state index is 9.36. The van der Waals surface area contributed by atoms with Gasteiger partial charge in [-0.2, -0.15) is 9.62 Å². The topological polar surface area (TPSA) is 87.7 Å². The van der Waals surface area contributed by atoms with Gasteiger partial charge >= 0.3 is 0 Å². The van der Waals surface area contributed by atoms with E-state index < -0.39 is 0 Å². The molecule has 24 heavy (non-hydrogen) atoms. The Kier molecular flexibility index (Phi) is 3.31. The number of phenols is 1. The zero-order valence-electron chi connectivity index (χ0n) is 12.9. The zero-order chi connectivity index (χ0) is 16.5. The molecule has 0 atom stereocenters. The number of nitrogens with one attached hydrogen (secondary N) is 1. The summed E-state index contributed by atoms with van der Waals surface area (Å²) in [6.45, 7) is 1.89. The Bertz CT molecular complexity index is 1050. The second kappa shape index (κ2) is 5.62. The summed E-state index contributed by atoms with van der Waals surface area (Å²) in [7, 11) is 0. The number of hydrazone groups is 1. The van der Waals surface area contributed by atoms with Crippen LogP contribution in [0.15, 0.2) is 60.0 Å². The monoisotopic (exact) mass is 318 g/mol. The molecule has 4 aromatic rings. The molecule has 0 unspecified atom stereocenters. The largest absolute Gasteiger partial charge is 0.508 e. The average Bonchev–Trinajstić information content (AvgIpc) is 3.08. The predicted octanol–water partition coefficient (Wildman–Crippen LogP) is 2.82. The van der Waals surface area contributed by atoms with Gasteiger partial charge in [-0.05, 0) is 36.8 Å². The summed E-state index contributed by atoms with van der Waals surface area (Å²) in [5.74, 6) is 0.848. The van der Waals surface area contributed by atoms with Crippen molar-refractivity contribution in [1.29, 1.82) is 0 Å². The molecule has 2 aromatic carbocycles. The predicted molar refractivity (Wildman–Crippen MR) is 92.2 cm³/mol. The number of aromatic nitrogens is 4. The number of phenolic OH excluding ortho intramolecular Hbond substituents is 1. The minimum Gasteiger partial charge on any atom is -0.508 e. The third kappa shape index (κ3) is 2.41. The molecule has 0 aliphatic heterocycles. The van der Waals surface area contributed by atoms with E-state index in [4.69, 9.17) is 0 Å². The van der Waals surface area contributed by atoms with E-state index in [-0.39, 0.29) is 5.75 Å². The quantitative estimate of drug-likeness (QED) is 0.448. The first-order valence-corrected chi connectivity index (χ1v) is 7.41. The van der Waals surface area contributed by atoms with Crippen LogP contribution >= 0.6 is 0 Å². The molecule has 4 rings (SSSR count). The van der Waals surface area contributed by atoms with Gasteiger partial charge < -0.3 is 5.11 Å². The van der Waals surface area contributed by atoms with Gasteiger partial charge in [0.25, 0.3) is 0 Å². The minimum atomic E-state index is 0.227. The zero-order valence-corrected chi connectivity index (χ0v) is 12.9. The van der Waals surface area contributed by atoms with E-state index in [1.165, 1.54) is 0 Å². The fourth-order valence-corrected chi connectivity index (χ4v) is 2.51. The standard InChI is InChI=1S/C17H14N6O/c1-11(12-6-8-13(24)9-7-12)19-20-16-14-4-2-3-5-15(14)17-21-18-10-23(17)22-16/h2-10,24H,1H3,(H,20,22). The molecule has 7 heteroatoms. The van der Waals surface area contributed by atoms with Gasteiger partial charge in [0.15, 0.2) is 11.5 Å². The van der Waals surface area contributed by atoms with E-state index >= 15 is 0 Å². The summed E-state index contributed by atoms with van der Waals surface area (Å²) in [4.78, 5) is 0. The lowest BCUT2D eigenvalue weighted by Gasteiger charge is -2.07. The Morgan fingerprint density at radius 2 is 1.83 bits per heavy atom. The Labute approximate surface area is 137 Å². The second-order valence-corrected chi connectivity index (χ2v) is 5.35. The van der Waals surface area contributed by atoms with Crippen molar-refractivity contribution in [3.63, 3.8) is 0 Å². The maximum Gasteiger partial charge on any atom is 0.185 e. The third-order valence-corrected chi connectivity index (χ3v) is 3.78. The lowest BCUT2D eigenvalue weighted by molar-refractivity contribution is 0.475. The number of aromatic hydroxyl groups is 1. The van der Waals surface area contributed by atoms with Gasteiger partial charge in [0, 0.05) is 10.8 Å². The van der Waals surface area contributed by atoms with E-state index in [2.05, 4.69) is 25.8 Å². The van der Waals surface area contributed by atoms with Crippen LogP contribution < -0.4 is 5.43 Å². The summed E-state index contributed by atoms with van der Waals surface area (Å²) in [5, 5.41) is 28.1. The summed E-state index contributed by atoms with van der Waals surface area (Å²) in [6.07, 6.45) is 1.56. The molecule has 0 amide bonds. The van der Waals surface area contributed by atoms with Crippen molar-refractivity contribution < 1.29 is 5.11 Å². The molecule has 0 fully saturated rings. The maximum atomic E-state index is 9.36. The molecule has 0 aliphatic rings. The van der Waals surface area contributed by atoms with Crippen LogP contribution in [0, 0.1) is 0 Å². The molecule has 0 bridgehead atoms. The van der Waals surface area contributed by atoms with Gasteiger partial charge in [-0.15, -0.1) is 15.3 Å². The van der Waals surface area contributed by atoms with Crippen molar-refractivity contribution in [3.8, 4) is 5.75 Å². The SMILES string of the molecule is CC(=NNc1nn2cnnc2c2ccccc12)c1ccc(O)cc1. The first-order chi connectivity index (χ1) is 11.7. The van der Waals surface area contributed by atoms with Crippen LogP contribution in [-0.4, -0.2) is 30.6 Å². The number of nitrogens with zero attached hydrogens (tertiary/aromatic N) is 5.